The van der Waals surface area contributed by atoms with Crippen LogP contribution in [-0.2, 0) is 9.53 Å². The Morgan fingerprint density at radius 2 is 1.41 bits per heavy atom. The summed E-state index contributed by atoms with van der Waals surface area (Å²) in [7, 11) is 0. The lowest BCUT2D eigenvalue weighted by Crippen LogP contribution is -2.45. The van der Waals surface area contributed by atoms with E-state index in [0.717, 1.165) is 11.1 Å². The molecular weight excluding hydrogens is 364 g/mol. The first-order chi connectivity index (χ1) is 13.8. The van der Waals surface area contributed by atoms with E-state index in [9.17, 15) is 9.59 Å². The number of piperidine rings is 1. The molecule has 1 fully saturated rings. The highest BCUT2D eigenvalue weighted by molar-refractivity contribution is 5.80. The molecule has 5 nitrogen and oxygen atoms in total. The molecule has 154 valence electrons. The molecule has 1 N–H and O–H groups in total. The van der Waals surface area contributed by atoms with E-state index in [1.54, 1.807) is 4.90 Å². The molecule has 2 aromatic rings. The van der Waals surface area contributed by atoms with Crippen molar-refractivity contribution >= 4 is 12.0 Å². The first-order valence-corrected chi connectivity index (χ1v) is 10.2. The van der Waals surface area contributed by atoms with Gasteiger partial charge in [-0.05, 0) is 44.7 Å². The van der Waals surface area contributed by atoms with Crippen LogP contribution in [0.25, 0.3) is 0 Å². The van der Waals surface area contributed by atoms with Gasteiger partial charge in [-0.15, -0.1) is 0 Å². The highest BCUT2D eigenvalue weighted by atomic mass is 16.6. The Labute approximate surface area is 173 Å². The van der Waals surface area contributed by atoms with E-state index in [-0.39, 0.29) is 24.0 Å². The van der Waals surface area contributed by atoms with Gasteiger partial charge in [-0.1, -0.05) is 60.7 Å². The third-order valence-electron chi connectivity index (χ3n) is 5.07. The van der Waals surface area contributed by atoms with Crippen LogP contribution in [0.4, 0.5) is 4.79 Å². The number of hydrogen-bond donors (Lipinski definition) is 1. The monoisotopic (exact) mass is 394 g/mol. The zero-order valence-electron chi connectivity index (χ0n) is 17.4. The van der Waals surface area contributed by atoms with Gasteiger partial charge in [-0.2, -0.15) is 0 Å². The molecule has 0 saturated carbocycles. The summed E-state index contributed by atoms with van der Waals surface area (Å²) in [6, 6.07) is 19.8. The summed E-state index contributed by atoms with van der Waals surface area (Å²) in [6.07, 6.45) is 0.978. The third kappa shape index (κ3) is 5.83. The molecule has 0 spiro atoms. The van der Waals surface area contributed by atoms with Gasteiger partial charge in [0.05, 0.1) is 6.04 Å². The van der Waals surface area contributed by atoms with Crippen LogP contribution in [0.15, 0.2) is 60.7 Å². The van der Waals surface area contributed by atoms with E-state index in [0.29, 0.717) is 25.9 Å². The van der Waals surface area contributed by atoms with Crippen LogP contribution in [-0.4, -0.2) is 35.6 Å². The van der Waals surface area contributed by atoms with Gasteiger partial charge < -0.3 is 15.0 Å². The second-order valence-electron chi connectivity index (χ2n) is 8.50. The Bertz CT molecular complexity index is 768. The van der Waals surface area contributed by atoms with E-state index in [1.165, 1.54) is 0 Å². The standard InChI is InChI=1S/C24H30N2O3/c1-24(2,3)29-23(28)26-16-14-20(15-17-26)22(27)25-21(18-10-6-4-7-11-18)19-12-8-5-9-13-19/h4-13,20-21H,14-17H2,1-3H3,(H,25,27). The molecule has 3 rings (SSSR count). The molecule has 29 heavy (non-hydrogen) atoms. The van der Waals surface area contributed by atoms with Crippen molar-refractivity contribution in [2.75, 3.05) is 13.1 Å². The second kappa shape index (κ2) is 9.12. The third-order valence-corrected chi connectivity index (χ3v) is 5.07. The number of rotatable bonds is 4. The van der Waals surface area contributed by atoms with Crippen molar-refractivity contribution in [1.82, 2.24) is 10.2 Å². The van der Waals surface area contributed by atoms with Crippen molar-refractivity contribution in [3.05, 3.63) is 71.8 Å². The molecule has 1 aliphatic rings. The number of amides is 2. The summed E-state index contributed by atoms with van der Waals surface area (Å²) in [4.78, 5) is 27.0. The molecule has 0 aromatic heterocycles. The van der Waals surface area contributed by atoms with Gasteiger partial charge >= 0.3 is 6.09 Å². The lowest BCUT2D eigenvalue weighted by Gasteiger charge is -2.33. The van der Waals surface area contributed by atoms with E-state index in [1.807, 2.05) is 81.4 Å². The van der Waals surface area contributed by atoms with Crippen LogP contribution in [0.5, 0.6) is 0 Å². The molecule has 0 radical (unpaired) electrons. The van der Waals surface area contributed by atoms with Crippen molar-refractivity contribution in [2.24, 2.45) is 5.92 Å². The van der Waals surface area contributed by atoms with Crippen LogP contribution in [0.3, 0.4) is 0 Å². The minimum atomic E-state index is -0.510. The molecule has 5 heteroatoms. The van der Waals surface area contributed by atoms with Gasteiger partial charge in [-0.25, -0.2) is 4.79 Å². The highest BCUT2D eigenvalue weighted by Crippen LogP contribution is 2.25. The van der Waals surface area contributed by atoms with Gasteiger partial charge in [-0.3, -0.25) is 4.79 Å². The summed E-state index contributed by atoms with van der Waals surface area (Å²) < 4.78 is 5.44. The number of benzene rings is 2. The number of hydrogen-bond acceptors (Lipinski definition) is 3. The molecule has 1 heterocycles. The Kier molecular flexibility index (Phi) is 6.57. The Morgan fingerprint density at radius 1 is 0.931 bits per heavy atom. The molecule has 1 aliphatic heterocycles. The zero-order valence-corrected chi connectivity index (χ0v) is 17.4. The molecule has 1 saturated heterocycles. The van der Waals surface area contributed by atoms with Crippen molar-refractivity contribution < 1.29 is 14.3 Å². The number of likely N-dealkylation sites (tertiary alicyclic amines) is 1. The SMILES string of the molecule is CC(C)(C)OC(=O)N1CCC(C(=O)NC(c2ccccc2)c2ccccc2)CC1. The lowest BCUT2D eigenvalue weighted by molar-refractivity contribution is -0.127. The first kappa shape index (κ1) is 20.9. The summed E-state index contributed by atoms with van der Waals surface area (Å²) in [6.45, 7) is 6.65. The Morgan fingerprint density at radius 3 is 1.86 bits per heavy atom. The van der Waals surface area contributed by atoms with E-state index in [2.05, 4.69) is 5.32 Å². The Balaban J connectivity index is 1.63. The van der Waals surface area contributed by atoms with Crippen molar-refractivity contribution in [3.63, 3.8) is 0 Å². The summed E-state index contributed by atoms with van der Waals surface area (Å²) in [5.41, 5.74) is 1.60. The average Bonchev–Trinajstić information content (AvgIpc) is 2.72. The number of nitrogens with zero attached hydrogens (tertiary/aromatic N) is 1. The highest BCUT2D eigenvalue weighted by Gasteiger charge is 2.31. The molecule has 2 aromatic carbocycles. The smallest absolute Gasteiger partial charge is 0.410 e. The lowest BCUT2D eigenvalue weighted by atomic mass is 9.93. The number of carbonyl (C=O) groups excluding carboxylic acids is 2. The summed E-state index contributed by atoms with van der Waals surface area (Å²) in [5.74, 6) is -0.0739. The van der Waals surface area contributed by atoms with Crippen molar-refractivity contribution in [3.8, 4) is 0 Å². The van der Waals surface area contributed by atoms with Gasteiger partial charge in [0.25, 0.3) is 0 Å². The van der Waals surface area contributed by atoms with Gasteiger partial charge in [0, 0.05) is 19.0 Å². The van der Waals surface area contributed by atoms with Crippen LogP contribution in [0, 0.1) is 5.92 Å². The maximum atomic E-state index is 13.0. The second-order valence-corrected chi connectivity index (χ2v) is 8.50. The van der Waals surface area contributed by atoms with Gasteiger partial charge in [0.1, 0.15) is 5.60 Å². The van der Waals surface area contributed by atoms with Crippen LogP contribution in [0.1, 0.15) is 50.8 Å². The fourth-order valence-corrected chi connectivity index (χ4v) is 3.56. The maximum Gasteiger partial charge on any atom is 0.410 e. The van der Waals surface area contributed by atoms with E-state index < -0.39 is 5.60 Å². The summed E-state index contributed by atoms with van der Waals surface area (Å²) >= 11 is 0. The largest absolute Gasteiger partial charge is 0.444 e. The fourth-order valence-electron chi connectivity index (χ4n) is 3.56. The first-order valence-electron chi connectivity index (χ1n) is 10.2. The van der Waals surface area contributed by atoms with Gasteiger partial charge in [0.2, 0.25) is 5.91 Å². The van der Waals surface area contributed by atoms with Crippen molar-refractivity contribution in [1.29, 1.82) is 0 Å². The fraction of sp³-hybridized carbons (Fsp3) is 0.417. The molecule has 0 aliphatic carbocycles. The molecular formula is C24H30N2O3. The van der Waals surface area contributed by atoms with Crippen molar-refractivity contribution in [2.45, 2.75) is 45.3 Å². The minimum absolute atomic E-state index is 0.0338. The maximum absolute atomic E-state index is 13.0. The number of carbonyl (C=O) groups is 2. The van der Waals surface area contributed by atoms with E-state index in [4.69, 9.17) is 4.74 Å². The average molecular weight is 395 g/mol. The number of nitrogens with one attached hydrogen (secondary N) is 1. The van der Waals surface area contributed by atoms with Gasteiger partial charge in [0.15, 0.2) is 0 Å². The molecule has 0 atom stereocenters. The van der Waals surface area contributed by atoms with Crippen LogP contribution >= 0.6 is 0 Å². The zero-order chi connectivity index (χ0) is 20.9. The number of ether oxygens (including phenoxy) is 1. The molecule has 0 bridgehead atoms. The predicted molar refractivity (Wildman–Crippen MR) is 113 cm³/mol. The Hall–Kier alpha value is -2.82. The predicted octanol–water partition coefficient (Wildman–Crippen LogP) is 4.54. The van der Waals surface area contributed by atoms with E-state index >= 15 is 0 Å². The quantitative estimate of drug-likeness (QED) is 0.828. The normalized spacial score (nSPS) is 15.2. The molecule has 0 unspecified atom stereocenters. The van der Waals surface area contributed by atoms with Crippen LogP contribution in [0.2, 0.25) is 0 Å². The minimum Gasteiger partial charge on any atom is -0.444 e. The molecule has 2 amide bonds. The topological polar surface area (TPSA) is 58.6 Å². The van der Waals surface area contributed by atoms with Crippen LogP contribution < -0.4 is 5.32 Å². The summed E-state index contributed by atoms with van der Waals surface area (Å²) in [5, 5.41) is 3.23.